The molecule has 1 unspecified atom stereocenters. The average Bonchev–Trinajstić information content (AvgIpc) is 3.46. The second-order valence-corrected chi connectivity index (χ2v) is 16.5. The second-order valence-electron chi connectivity index (χ2n) is 16.5. The highest BCUT2D eigenvalue weighted by molar-refractivity contribution is 5.95. The third kappa shape index (κ3) is 4.82. The first-order valence-corrected chi connectivity index (χ1v) is 20.4. The van der Waals surface area contributed by atoms with Crippen LogP contribution in [0.1, 0.15) is 47.2 Å². The van der Waals surface area contributed by atoms with Crippen LogP contribution in [-0.2, 0) is 10.8 Å². The van der Waals surface area contributed by atoms with E-state index in [1.165, 1.54) is 55.6 Å². The van der Waals surface area contributed by atoms with Crippen LogP contribution >= 0.6 is 0 Å². The third-order valence-electron chi connectivity index (χ3n) is 13.0. The van der Waals surface area contributed by atoms with Gasteiger partial charge in [-0.2, -0.15) is 0 Å². The smallest absolute Gasteiger partial charge is 0.160 e. The molecule has 8 aromatic carbocycles. The molecule has 0 saturated heterocycles. The summed E-state index contributed by atoms with van der Waals surface area (Å²) in [6, 6.07) is 70.1. The number of benzene rings is 8. The number of para-hydroxylation sites is 1. The zero-order valence-corrected chi connectivity index (χ0v) is 32.8. The number of ether oxygens (including phenoxy) is 1. The van der Waals surface area contributed by atoms with Crippen LogP contribution in [0.4, 0.5) is 0 Å². The summed E-state index contributed by atoms with van der Waals surface area (Å²) >= 11 is 0. The van der Waals surface area contributed by atoms with E-state index in [2.05, 4.69) is 184 Å². The van der Waals surface area contributed by atoms with Crippen molar-refractivity contribution in [3.8, 4) is 78.8 Å². The Morgan fingerprint density at radius 2 is 0.881 bits per heavy atom. The molecular formula is C56H38N2O. The molecule has 2 heterocycles. The van der Waals surface area contributed by atoms with Gasteiger partial charge >= 0.3 is 0 Å². The Bertz CT molecular complexity index is 3110. The van der Waals surface area contributed by atoms with Gasteiger partial charge in [0.05, 0.1) is 16.8 Å². The highest BCUT2D eigenvalue weighted by atomic mass is 16.5. The summed E-state index contributed by atoms with van der Waals surface area (Å²) in [5, 5.41) is 0. The molecule has 3 heteroatoms. The monoisotopic (exact) mass is 754 g/mol. The number of hydrogen-bond acceptors (Lipinski definition) is 3. The molecule has 1 aliphatic heterocycles. The van der Waals surface area contributed by atoms with E-state index in [9.17, 15) is 0 Å². The number of hydrogen-bond donors (Lipinski definition) is 0. The number of rotatable bonds is 3. The van der Waals surface area contributed by atoms with Gasteiger partial charge in [-0.25, -0.2) is 9.97 Å². The maximum absolute atomic E-state index is 7.09. The largest absolute Gasteiger partial charge is 0.457 e. The Labute approximate surface area is 344 Å². The fraction of sp³-hybridized carbons (Fsp3) is 0.0714. The first-order chi connectivity index (χ1) is 29.0. The van der Waals surface area contributed by atoms with Crippen molar-refractivity contribution in [3.05, 3.63) is 228 Å². The van der Waals surface area contributed by atoms with E-state index >= 15 is 0 Å². The molecule has 12 rings (SSSR count). The van der Waals surface area contributed by atoms with Crippen LogP contribution in [0, 0.1) is 0 Å². The standard InChI is InChI=1S/C56H38N2O/c1-55(2)44-25-13-11-24-41(44)43-32-49-53(33-47(43)55)59-52-28-16-15-27-46(52)56(49)45-26-14-12-23-40(45)38-21-9-10-22-39(38)42-30-29-37(31-48(42)56)51-34-50(35-17-5-3-6-18-35)57-54(58-51)36-19-7-4-8-20-36/h3-34H,1-2H3. The molecule has 0 saturated carbocycles. The van der Waals surface area contributed by atoms with E-state index in [0.717, 1.165) is 50.7 Å². The normalized spacial score (nSPS) is 16.0. The van der Waals surface area contributed by atoms with Crippen molar-refractivity contribution in [3.63, 3.8) is 0 Å². The Hall–Kier alpha value is -7.36. The Balaban J connectivity index is 1.22. The molecule has 0 radical (unpaired) electrons. The van der Waals surface area contributed by atoms with Gasteiger partial charge < -0.3 is 4.74 Å². The predicted molar refractivity (Wildman–Crippen MR) is 239 cm³/mol. The lowest BCUT2D eigenvalue weighted by molar-refractivity contribution is 0.433. The fourth-order valence-electron chi connectivity index (χ4n) is 10.3. The molecular weight excluding hydrogens is 717 g/mol. The SMILES string of the molecule is CC1(C)c2ccccc2-c2cc3c(cc21)Oc1ccccc1C31c2ccccc2-c2ccccc2-c2ccc(-c3cc(-c4ccccc4)nc(-c4ccccc4)n3)cc21. The van der Waals surface area contributed by atoms with E-state index in [-0.39, 0.29) is 5.41 Å². The van der Waals surface area contributed by atoms with Crippen LogP contribution in [0.3, 0.4) is 0 Å². The Morgan fingerprint density at radius 1 is 0.339 bits per heavy atom. The molecule has 0 amide bonds. The maximum Gasteiger partial charge on any atom is 0.160 e. The minimum absolute atomic E-state index is 0.183. The summed E-state index contributed by atoms with van der Waals surface area (Å²) in [7, 11) is 0. The zero-order valence-electron chi connectivity index (χ0n) is 32.8. The quantitative estimate of drug-likeness (QED) is 0.180. The lowest BCUT2D eigenvalue weighted by Gasteiger charge is -2.43. The molecule has 3 nitrogen and oxygen atoms in total. The number of nitrogens with zero attached hydrogens (tertiary/aromatic N) is 2. The van der Waals surface area contributed by atoms with Crippen LogP contribution in [0.15, 0.2) is 194 Å². The molecule has 1 atom stereocenters. The van der Waals surface area contributed by atoms with Gasteiger partial charge in [-0.3, -0.25) is 0 Å². The van der Waals surface area contributed by atoms with Crippen molar-refractivity contribution in [1.82, 2.24) is 9.97 Å². The molecule has 3 aliphatic rings. The fourth-order valence-corrected chi connectivity index (χ4v) is 10.3. The lowest BCUT2D eigenvalue weighted by Crippen LogP contribution is -2.35. The molecule has 59 heavy (non-hydrogen) atoms. The van der Waals surface area contributed by atoms with Crippen molar-refractivity contribution in [2.24, 2.45) is 0 Å². The van der Waals surface area contributed by atoms with Gasteiger partial charge in [-0.1, -0.05) is 178 Å². The van der Waals surface area contributed by atoms with Gasteiger partial charge in [0.25, 0.3) is 0 Å². The van der Waals surface area contributed by atoms with Crippen molar-refractivity contribution < 1.29 is 4.74 Å². The first kappa shape index (κ1) is 33.7. The third-order valence-corrected chi connectivity index (χ3v) is 13.0. The molecule has 0 fully saturated rings. The van der Waals surface area contributed by atoms with Crippen molar-refractivity contribution in [1.29, 1.82) is 0 Å². The second kappa shape index (κ2) is 12.6. The summed E-state index contributed by atoms with van der Waals surface area (Å²) < 4.78 is 7.09. The predicted octanol–water partition coefficient (Wildman–Crippen LogP) is 13.9. The lowest BCUT2D eigenvalue weighted by atomic mass is 9.61. The summed E-state index contributed by atoms with van der Waals surface area (Å²) in [6.07, 6.45) is 0. The van der Waals surface area contributed by atoms with Gasteiger partial charge in [0.15, 0.2) is 5.82 Å². The summed E-state index contributed by atoms with van der Waals surface area (Å²) in [4.78, 5) is 10.5. The molecule has 0 N–H and O–H groups in total. The van der Waals surface area contributed by atoms with Gasteiger partial charge in [-0.15, -0.1) is 0 Å². The van der Waals surface area contributed by atoms with Crippen molar-refractivity contribution in [2.75, 3.05) is 0 Å². The zero-order chi connectivity index (χ0) is 39.3. The molecule has 2 aliphatic carbocycles. The first-order valence-electron chi connectivity index (χ1n) is 20.4. The molecule has 9 aromatic rings. The molecule has 1 aromatic heterocycles. The topological polar surface area (TPSA) is 35.0 Å². The van der Waals surface area contributed by atoms with Gasteiger partial charge in [0.1, 0.15) is 11.5 Å². The number of aromatic nitrogens is 2. The van der Waals surface area contributed by atoms with E-state index in [1.54, 1.807) is 0 Å². The molecule has 1 spiro atoms. The van der Waals surface area contributed by atoms with E-state index in [4.69, 9.17) is 14.7 Å². The Kier molecular flexibility index (Phi) is 7.19. The Morgan fingerprint density at radius 3 is 1.59 bits per heavy atom. The van der Waals surface area contributed by atoms with Crippen LogP contribution in [0.5, 0.6) is 11.5 Å². The average molecular weight is 755 g/mol. The van der Waals surface area contributed by atoms with E-state index in [0.29, 0.717) is 5.82 Å². The summed E-state index contributed by atoms with van der Waals surface area (Å²) in [5.41, 5.74) is 18.5. The maximum atomic E-state index is 7.09. The van der Waals surface area contributed by atoms with Crippen LogP contribution in [-0.4, -0.2) is 9.97 Å². The van der Waals surface area contributed by atoms with Gasteiger partial charge in [-0.05, 0) is 86.0 Å². The van der Waals surface area contributed by atoms with Gasteiger partial charge in [0, 0.05) is 33.2 Å². The highest BCUT2D eigenvalue weighted by Gasteiger charge is 2.50. The summed E-state index contributed by atoms with van der Waals surface area (Å²) in [5.74, 6) is 2.45. The van der Waals surface area contributed by atoms with E-state index < -0.39 is 5.41 Å². The number of fused-ring (bicyclic) bond motifs is 14. The van der Waals surface area contributed by atoms with Crippen molar-refractivity contribution in [2.45, 2.75) is 24.7 Å². The minimum Gasteiger partial charge on any atom is -0.457 e. The van der Waals surface area contributed by atoms with Crippen LogP contribution < -0.4 is 4.74 Å². The highest BCUT2D eigenvalue weighted by Crippen LogP contribution is 2.63. The molecule has 0 bridgehead atoms. The van der Waals surface area contributed by atoms with Gasteiger partial charge in [0.2, 0.25) is 0 Å². The van der Waals surface area contributed by atoms with Crippen LogP contribution in [0.25, 0.3) is 67.3 Å². The van der Waals surface area contributed by atoms with Crippen molar-refractivity contribution >= 4 is 0 Å². The molecule has 278 valence electrons. The minimum atomic E-state index is -0.764. The summed E-state index contributed by atoms with van der Waals surface area (Å²) in [6.45, 7) is 4.68. The van der Waals surface area contributed by atoms with Crippen LogP contribution in [0.2, 0.25) is 0 Å². The van der Waals surface area contributed by atoms with E-state index in [1.807, 2.05) is 24.3 Å².